The lowest BCUT2D eigenvalue weighted by molar-refractivity contribution is 0.445. The van der Waals surface area contributed by atoms with Gasteiger partial charge in [0.2, 0.25) is 0 Å². The predicted molar refractivity (Wildman–Crippen MR) is 120 cm³/mol. The van der Waals surface area contributed by atoms with Gasteiger partial charge in [-0.3, -0.25) is 14.0 Å². The van der Waals surface area contributed by atoms with E-state index in [-0.39, 0.29) is 23.7 Å². The van der Waals surface area contributed by atoms with E-state index >= 15 is 0 Å². The molecule has 0 bridgehead atoms. The molecule has 166 valence electrons. The summed E-state index contributed by atoms with van der Waals surface area (Å²) in [7, 11) is 1.84. The minimum atomic E-state index is -0.530. The van der Waals surface area contributed by atoms with Crippen molar-refractivity contribution in [1.82, 2.24) is 24.6 Å². The molecule has 1 aliphatic carbocycles. The third kappa shape index (κ3) is 3.75. The van der Waals surface area contributed by atoms with Crippen molar-refractivity contribution in [3.8, 4) is 0 Å². The van der Waals surface area contributed by atoms with Crippen LogP contribution >= 0.6 is 11.3 Å². The van der Waals surface area contributed by atoms with E-state index in [2.05, 4.69) is 15.4 Å². The van der Waals surface area contributed by atoms with Gasteiger partial charge in [0.1, 0.15) is 16.5 Å². The van der Waals surface area contributed by atoms with Gasteiger partial charge in [-0.2, -0.15) is 5.10 Å². The Morgan fingerprint density at radius 2 is 2.16 bits per heavy atom. The van der Waals surface area contributed by atoms with Gasteiger partial charge in [0.05, 0.1) is 24.5 Å². The van der Waals surface area contributed by atoms with E-state index in [1.165, 1.54) is 23.5 Å². The molecule has 1 atom stereocenters. The second-order valence-corrected chi connectivity index (χ2v) is 9.44. The average Bonchev–Trinajstić information content (AvgIpc) is 3.35. The lowest BCUT2D eigenvalue weighted by Crippen LogP contribution is -2.34. The van der Waals surface area contributed by atoms with Crippen LogP contribution in [-0.2, 0) is 33.0 Å². The second-order valence-electron chi connectivity index (χ2n) is 8.36. The maximum Gasteiger partial charge on any atom is 0.262 e. The van der Waals surface area contributed by atoms with Crippen LogP contribution in [0.3, 0.4) is 0 Å². The fourth-order valence-corrected chi connectivity index (χ4v) is 5.62. The minimum absolute atomic E-state index is 0.0355. The topological polar surface area (TPSA) is 64.7 Å². The molecule has 1 N–H and O–H groups in total. The zero-order valence-electron chi connectivity index (χ0n) is 17.9. The van der Waals surface area contributed by atoms with Crippen LogP contribution in [0.4, 0.5) is 8.78 Å². The van der Waals surface area contributed by atoms with Crippen molar-refractivity contribution in [1.29, 1.82) is 0 Å². The van der Waals surface area contributed by atoms with Gasteiger partial charge in [0.25, 0.3) is 5.56 Å². The summed E-state index contributed by atoms with van der Waals surface area (Å²) in [5.74, 6) is -1.02. The number of fused-ring (bicyclic) bond motifs is 3. The molecule has 9 heteroatoms. The number of benzene rings is 1. The molecular formula is C23H23F2N5OS. The molecule has 0 fully saturated rings. The van der Waals surface area contributed by atoms with Gasteiger partial charge < -0.3 is 5.32 Å². The van der Waals surface area contributed by atoms with Crippen LogP contribution in [0.2, 0.25) is 0 Å². The predicted octanol–water partition coefficient (Wildman–Crippen LogP) is 3.47. The molecule has 0 amide bonds. The van der Waals surface area contributed by atoms with Gasteiger partial charge in [-0.05, 0) is 43.4 Å². The monoisotopic (exact) mass is 455 g/mol. The van der Waals surface area contributed by atoms with E-state index in [4.69, 9.17) is 0 Å². The minimum Gasteiger partial charge on any atom is -0.309 e. The Balaban J connectivity index is 1.37. The van der Waals surface area contributed by atoms with Crippen LogP contribution in [0.25, 0.3) is 10.2 Å². The zero-order chi connectivity index (χ0) is 22.4. The van der Waals surface area contributed by atoms with E-state index in [0.717, 1.165) is 33.7 Å². The van der Waals surface area contributed by atoms with Gasteiger partial charge in [-0.15, -0.1) is 11.3 Å². The fraction of sp³-hybridized carbons (Fsp3) is 0.348. The molecular weight excluding hydrogens is 432 g/mol. The highest BCUT2D eigenvalue weighted by atomic mass is 32.1. The van der Waals surface area contributed by atoms with Crippen LogP contribution in [0.5, 0.6) is 0 Å². The summed E-state index contributed by atoms with van der Waals surface area (Å²) in [5, 5.41) is 8.16. The second kappa shape index (κ2) is 8.22. The number of nitrogens with one attached hydrogen (secondary N) is 1. The summed E-state index contributed by atoms with van der Waals surface area (Å²) >= 11 is 1.54. The highest BCUT2D eigenvalue weighted by Gasteiger charge is 2.25. The molecule has 0 saturated heterocycles. The Hall–Kier alpha value is -2.91. The maximum atomic E-state index is 14.3. The van der Waals surface area contributed by atoms with E-state index in [9.17, 15) is 13.6 Å². The number of halogens is 2. The molecule has 6 nitrogen and oxygen atoms in total. The van der Waals surface area contributed by atoms with Gasteiger partial charge in [0, 0.05) is 41.8 Å². The van der Waals surface area contributed by atoms with Gasteiger partial charge in [0.15, 0.2) is 0 Å². The molecule has 4 aromatic rings. The van der Waals surface area contributed by atoms with Crippen molar-refractivity contribution >= 4 is 21.6 Å². The van der Waals surface area contributed by atoms with Gasteiger partial charge in [-0.25, -0.2) is 13.8 Å². The number of nitrogens with zero attached hydrogens (tertiary/aromatic N) is 4. The van der Waals surface area contributed by atoms with Crippen molar-refractivity contribution in [3.05, 3.63) is 80.0 Å². The van der Waals surface area contributed by atoms with E-state index < -0.39 is 11.6 Å². The Bertz CT molecular complexity index is 1370. The number of aryl methyl sites for hydroxylation is 3. The summed E-state index contributed by atoms with van der Waals surface area (Å²) in [4.78, 5) is 19.6. The standard InChI is InChI=1S/C23H23F2N5OS/c1-13-3-6-18(24)17(21(13)25)9-26-15-4-5-16-19(7-15)32-22-20(16)23(31)30(12-27-22)11-14-8-28-29(2)10-14/h3,6,8,10,12,15,26H,4-5,7,9,11H2,1-2H3. The summed E-state index contributed by atoms with van der Waals surface area (Å²) in [6.45, 7) is 2.20. The molecule has 3 aromatic heterocycles. The zero-order valence-corrected chi connectivity index (χ0v) is 18.7. The maximum absolute atomic E-state index is 14.3. The first-order valence-electron chi connectivity index (χ1n) is 10.5. The number of rotatable bonds is 5. The third-order valence-corrected chi connectivity index (χ3v) is 7.26. The number of aromatic nitrogens is 4. The number of thiophene rings is 1. The van der Waals surface area contributed by atoms with Crippen LogP contribution in [-0.4, -0.2) is 25.4 Å². The van der Waals surface area contributed by atoms with Crippen LogP contribution in [0.1, 0.15) is 33.6 Å². The first kappa shape index (κ1) is 21.0. The highest BCUT2D eigenvalue weighted by Crippen LogP contribution is 2.34. The van der Waals surface area contributed by atoms with Crippen molar-refractivity contribution in [2.45, 2.75) is 45.3 Å². The van der Waals surface area contributed by atoms with Crippen molar-refractivity contribution in [2.75, 3.05) is 0 Å². The highest BCUT2D eigenvalue weighted by molar-refractivity contribution is 7.18. The van der Waals surface area contributed by atoms with Crippen molar-refractivity contribution in [3.63, 3.8) is 0 Å². The summed E-state index contributed by atoms with van der Waals surface area (Å²) in [6, 6.07) is 2.85. The SMILES string of the molecule is Cc1ccc(F)c(CNC2CCc3c(sc4ncn(Cc5cnn(C)c5)c(=O)c34)C2)c1F. The number of hydrogen-bond acceptors (Lipinski definition) is 5. The van der Waals surface area contributed by atoms with Gasteiger partial charge in [-0.1, -0.05) is 6.07 Å². The van der Waals surface area contributed by atoms with Gasteiger partial charge >= 0.3 is 0 Å². The average molecular weight is 456 g/mol. The van der Waals surface area contributed by atoms with E-state index in [1.54, 1.807) is 28.7 Å². The molecule has 0 aliphatic heterocycles. The van der Waals surface area contributed by atoms with Crippen LogP contribution in [0.15, 0.2) is 35.6 Å². The molecule has 0 radical (unpaired) electrons. The lowest BCUT2D eigenvalue weighted by Gasteiger charge is -2.23. The summed E-state index contributed by atoms with van der Waals surface area (Å²) in [5.41, 5.74) is 2.49. The van der Waals surface area contributed by atoms with Crippen molar-refractivity contribution < 1.29 is 8.78 Å². The molecule has 5 rings (SSSR count). The molecule has 1 unspecified atom stereocenters. The van der Waals surface area contributed by atoms with E-state index in [0.29, 0.717) is 23.9 Å². The Morgan fingerprint density at radius 3 is 2.94 bits per heavy atom. The Kier molecular flexibility index (Phi) is 5.38. The third-order valence-electron chi connectivity index (χ3n) is 6.09. The first-order chi connectivity index (χ1) is 15.4. The lowest BCUT2D eigenvalue weighted by atomic mass is 9.93. The Labute approximate surface area is 187 Å². The van der Waals surface area contributed by atoms with Crippen LogP contribution < -0.4 is 10.9 Å². The molecule has 3 heterocycles. The molecule has 1 aliphatic rings. The van der Waals surface area contributed by atoms with E-state index in [1.807, 2.05) is 13.2 Å². The quantitative estimate of drug-likeness (QED) is 0.501. The van der Waals surface area contributed by atoms with Crippen LogP contribution in [0, 0.1) is 18.6 Å². The molecule has 1 aromatic carbocycles. The normalized spacial score (nSPS) is 15.9. The Morgan fingerprint density at radius 1 is 1.31 bits per heavy atom. The smallest absolute Gasteiger partial charge is 0.262 e. The molecule has 0 saturated carbocycles. The molecule has 32 heavy (non-hydrogen) atoms. The first-order valence-corrected chi connectivity index (χ1v) is 11.4. The molecule has 0 spiro atoms. The number of hydrogen-bond donors (Lipinski definition) is 1. The largest absolute Gasteiger partial charge is 0.309 e. The summed E-state index contributed by atoms with van der Waals surface area (Å²) in [6.07, 6.45) is 7.47. The fourth-order valence-electron chi connectivity index (χ4n) is 4.36. The summed E-state index contributed by atoms with van der Waals surface area (Å²) < 4.78 is 31.7. The van der Waals surface area contributed by atoms with Crippen molar-refractivity contribution in [2.24, 2.45) is 7.05 Å².